The summed E-state index contributed by atoms with van der Waals surface area (Å²) in [5, 5.41) is 3.18. The number of nitrogens with zero attached hydrogens (tertiary/aromatic N) is 2. The summed E-state index contributed by atoms with van der Waals surface area (Å²) in [5.74, 6) is 0.685. The van der Waals surface area contributed by atoms with Gasteiger partial charge in [0.15, 0.2) is 0 Å². The van der Waals surface area contributed by atoms with Gasteiger partial charge in [-0.1, -0.05) is 24.3 Å². The van der Waals surface area contributed by atoms with Gasteiger partial charge in [-0.3, -0.25) is 14.4 Å². The summed E-state index contributed by atoms with van der Waals surface area (Å²) < 4.78 is 5.79. The van der Waals surface area contributed by atoms with E-state index in [1.807, 2.05) is 23.1 Å². The highest BCUT2D eigenvalue weighted by Crippen LogP contribution is 2.25. The number of fused-ring (bicyclic) bond motifs is 2. The van der Waals surface area contributed by atoms with Crippen molar-refractivity contribution < 1.29 is 19.1 Å². The Hall–Kier alpha value is -2.83. The largest absolute Gasteiger partial charge is 0.492 e. The minimum absolute atomic E-state index is 0.00358. The van der Waals surface area contributed by atoms with Gasteiger partial charge < -0.3 is 19.9 Å². The molecule has 3 aliphatic rings. The number of ether oxygens (including phenoxy) is 1. The van der Waals surface area contributed by atoms with Crippen molar-refractivity contribution in [2.75, 3.05) is 32.8 Å². The lowest BCUT2D eigenvalue weighted by atomic mass is 9.88. The summed E-state index contributed by atoms with van der Waals surface area (Å²) >= 11 is 0. The maximum Gasteiger partial charge on any atom is 0.255 e. The van der Waals surface area contributed by atoms with E-state index in [0.717, 1.165) is 19.3 Å². The van der Waals surface area contributed by atoms with Gasteiger partial charge in [0.05, 0.1) is 18.7 Å². The van der Waals surface area contributed by atoms with Gasteiger partial charge in [0.2, 0.25) is 11.8 Å². The molecule has 2 fully saturated rings. The number of likely N-dealkylation sites (tertiary alicyclic amines) is 2. The predicted octanol–water partition coefficient (Wildman–Crippen LogP) is 1.98. The number of piperidine rings is 1. The fraction of sp³-hybridized carbons (Fsp3) is 0.522. The van der Waals surface area contributed by atoms with Crippen LogP contribution >= 0.6 is 0 Å². The molecule has 30 heavy (non-hydrogen) atoms. The van der Waals surface area contributed by atoms with E-state index in [2.05, 4.69) is 17.5 Å². The van der Waals surface area contributed by atoms with E-state index in [1.165, 1.54) is 0 Å². The van der Waals surface area contributed by atoms with E-state index in [1.54, 1.807) is 11.0 Å². The van der Waals surface area contributed by atoms with Gasteiger partial charge in [-0.15, -0.1) is 0 Å². The zero-order valence-corrected chi connectivity index (χ0v) is 17.2. The molecule has 0 radical (unpaired) electrons. The van der Waals surface area contributed by atoms with Crippen LogP contribution in [-0.4, -0.2) is 66.3 Å². The van der Waals surface area contributed by atoms with E-state index in [4.69, 9.17) is 4.74 Å². The van der Waals surface area contributed by atoms with Crippen molar-refractivity contribution in [2.45, 2.75) is 38.1 Å². The van der Waals surface area contributed by atoms with Crippen molar-refractivity contribution in [3.63, 3.8) is 0 Å². The molecule has 0 aromatic heterocycles. The molecule has 2 atom stereocenters. The monoisotopic (exact) mass is 411 g/mol. The number of allylic oxidation sites excluding steroid dienone is 1. The number of carbonyl (C=O) groups excluding carboxylic acids is 3. The van der Waals surface area contributed by atoms with E-state index in [-0.39, 0.29) is 36.2 Å². The van der Waals surface area contributed by atoms with Crippen LogP contribution in [0.3, 0.4) is 0 Å². The molecule has 7 heteroatoms. The lowest BCUT2D eigenvalue weighted by molar-refractivity contribution is -0.139. The molecule has 1 N–H and O–H groups in total. The van der Waals surface area contributed by atoms with Crippen LogP contribution in [0.25, 0.3) is 0 Å². The molecule has 0 aliphatic carbocycles. The molecule has 3 aliphatic heterocycles. The molecule has 1 aromatic rings. The quantitative estimate of drug-likeness (QED) is 0.755. The molecule has 0 unspecified atom stereocenters. The Bertz CT molecular complexity index is 837. The predicted molar refractivity (Wildman–Crippen MR) is 112 cm³/mol. The van der Waals surface area contributed by atoms with Crippen molar-refractivity contribution in [2.24, 2.45) is 5.92 Å². The number of hydrogen-bond donors (Lipinski definition) is 1. The summed E-state index contributed by atoms with van der Waals surface area (Å²) in [5.41, 5.74) is 0.548. The van der Waals surface area contributed by atoms with Crippen LogP contribution in [0.4, 0.5) is 0 Å². The smallest absolute Gasteiger partial charge is 0.255 e. The van der Waals surface area contributed by atoms with Crippen molar-refractivity contribution in [3.8, 4) is 5.75 Å². The zero-order chi connectivity index (χ0) is 20.9. The van der Waals surface area contributed by atoms with E-state index < -0.39 is 0 Å². The van der Waals surface area contributed by atoms with Crippen LogP contribution in [0.1, 0.15) is 42.5 Å². The number of hydrogen-bond acceptors (Lipinski definition) is 4. The van der Waals surface area contributed by atoms with Gasteiger partial charge in [-0.05, 0) is 37.8 Å². The molecular formula is C23H29N3O4. The van der Waals surface area contributed by atoms with Crippen LogP contribution in [-0.2, 0) is 9.59 Å². The van der Waals surface area contributed by atoms with E-state index >= 15 is 0 Å². The average molecular weight is 412 g/mol. The molecule has 2 saturated heterocycles. The molecule has 160 valence electrons. The van der Waals surface area contributed by atoms with Gasteiger partial charge in [0, 0.05) is 38.0 Å². The maximum absolute atomic E-state index is 12.9. The van der Waals surface area contributed by atoms with Crippen LogP contribution in [0.5, 0.6) is 5.75 Å². The van der Waals surface area contributed by atoms with Crippen molar-refractivity contribution in [1.82, 2.24) is 15.1 Å². The molecule has 1 aromatic carbocycles. The molecule has 7 nitrogen and oxygen atoms in total. The first-order valence-corrected chi connectivity index (χ1v) is 10.8. The fourth-order valence-electron chi connectivity index (χ4n) is 4.47. The zero-order valence-electron chi connectivity index (χ0n) is 17.2. The SMILES string of the molecule is O=C1N[C@@H]2CCN(C(=O)CN3CCCC3=O)C[C@@H]2C/C=C/CCOc2ccccc21. The van der Waals surface area contributed by atoms with Gasteiger partial charge in [-0.2, -0.15) is 0 Å². The van der Waals surface area contributed by atoms with Crippen LogP contribution in [0, 0.1) is 5.92 Å². The lowest BCUT2D eigenvalue weighted by Crippen LogP contribution is -2.54. The summed E-state index contributed by atoms with van der Waals surface area (Å²) in [6.07, 6.45) is 7.86. The topological polar surface area (TPSA) is 79.0 Å². The Balaban J connectivity index is 1.45. The molecule has 4 rings (SSSR count). The Morgan fingerprint density at radius 1 is 1.17 bits per heavy atom. The molecule has 0 saturated carbocycles. The summed E-state index contributed by atoms with van der Waals surface area (Å²) in [6, 6.07) is 7.31. The first-order valence-electron chi connectivity index (χ1n) is 10.8. The van der Waals surface area contributed by atoms with Gasteiger partial charge >= 0.3 is 0 Å². The van der Waals surface area contributed by atoms with Crippen molar-refractivity contribution in [3.05, 3.63) is 42.0 Å². The third-order valence-electron chi connectivity index (χ3n) is 6.18. The number of rotatable bonds is 2. The standard InChI is InChI=1S/C23H29N3O4/c27-21-10-6-12-25(21)16-22(28)26-13-11-19-17(15-26)7-2-1-5-14-30-20-9-4-3-8-18(20)23(29)24-19/h1-4,8-9,17,19H,5-7,10-16H2,(H,24,29)/b2-1+/t17-,19+/m0/s1. The van der Waals surface area contributed by atoms with Crippen LogP contribution in [0.2, 0.25) is 0 Å². The fourth-order valence-corrected chi connectivity index (χ4v) is 4.47. The minimum atomic E-state index is -0.132. The highest BCUT2D eigenvalue weighted by molar-refractivity contribution is 5.97. The number of amides is 3. The van der Waals surface area contributed by atoms with Crippen molar-refractivity contribution in [1.29, 1.82) is 0 Å². The maximum atomic E-state index is 12.9. The number of benzene rings is 1. The molecular weight excluding hydrogens is 382 g/mol. The van der Waals surface area contributed by atoms with Gasteiger partial charge in [-0.25, -0.2) is 0 Å². The normalized spacial score (nSPS) is 25.9. The first-order chi connectivity index (χ1) is 14.6. The van der Waals surface area contributed by atoms with Crippen LogP contribution in [0.15, 0.2) is 36.4 Å². The Labute approximate surface area is 177 Å². The highest BCUT2D eigenvalue weighted by atomic mass is 16.5. The molecule has 0 spiro atoms. The minimum Gasteiger partial charge on any atom is -0.492 e. The second kappa shape index (κ2) is 9.32. The summed E-state index contributed by atoms with van der Waals surface area (Å²) in [6.45, 7) is 2.54. The Morgan fingerprint density at radius 3 is 2.87 bits per heavy atom. The van der Waals surface area contributed by atoms with Gasteiger partial charge in [0.1, 0.15) is 5.75 Å². The molecule has 3 heterocycles. The number of para-hydroxylation sites is 1. The highest BCUT2D eigenvalue weighted by Gasteiger charge is 2.34. The Kier molecular flexibility index (Phi) is 6.35. The first kappa shape index (κ1) is 20.4. The second-order valence-electron chi connectivity index (χ2n) is 8.23. The second-order valence-corrected chi connectivity index (χ2v) is 8.23. The van der Waals surface area contributed by atoms with Crippen molar-refractivity contribution >= 4 is 17.7 Å². The average Bonchev–Trinajstić information content (AvgIpc) is 3.15. The number of carbonyl (C=O) groups is 3. The summed E-state index contributed by atoms with van der Waals surface area (Å²) in [7, 11) is 0. The molecule has 0 bridgehead atoms. The number of nitrogens with one attached hydrogen (secondary N) is 1. The third-order valence-corrected chi connectivity index (χ3v) is 6.18. The molecule has 3 amide bonds. The van der Waals surface area contributed by atoms with Gasteiger partial charge in [0.25, 0.3) is 5.91 Å². The summed E-state index contributed by atoms with van der Waals surface area (Å²) in [4.78, 5) is 41.1. The lowest BCUT2D eigenvalue weighted by Gasteiger charge is -2.39. The van der Waals surface area contributed by atoms with E-state index in [0.29, 0.717) is 50.4 Å². The Morgan fingerprint density at radius 2 is 2.03 bits per heavy atom. The van der Waals surface area contributed by atoms with E-state index in [9.17, 15) is 14.4 Å². The third kappa shape index (κ3) is 4.66. The van der Waals surface area contributed by atoms with Crippen LogP contribution < -0.4 is 10.1 Å².